The number of nitrogens with zero attached hydrogens (tertiary/aromatic N) is 7. The van der Waals surface area contributed by atoms with Crippen LogP contribution < -0.4 is 11.5 Å². The number of hydrogen-bond donors (Lipinski definition) is 6. The van der Waals surface area contributed by atoms with Crippen molar-refractivity contribution in [3.8, 4) is 6.57 Å². The molecule has 0 radical (unpaired) electrons. The molecule has 0 aromatic carbocycles. The van der Waals surface area contributed by atoms with Gasteiger partial charge in [0.15, 0.2) is 11.6 Å². The van der Waals surface area contributed by atoms with E-state index in [0.717, 1.165) is 93.1 Å². The highest BCUT2D eigenvalue weighted by molar-refractivity contribution is 5.71. The van der Waals surface area contributed by atoms with E-state index in [9.17, 15) is 24.0 Å². The number of nitriles is 1. The lowest BCUT2D eigenvalue weighted by atomic mass is 9.86. The molecular weight excluding hydrogens is 1040 g/mol. The van der Waals surface area contributed by atoms with Gasteiger partial charge in [-0.3, -0.25) is 19.2 Å². The molecule has 2 aliphatic heterocycles. The van der Waals surface area contributed by atoms with E-state index in [1.54, 1.807) is 22.9 Å². The average molecular weight is 1130 g/mol. The molecule has 7 rings (SSSR count). The van der Waals surface area contributed by atoms with Crippen LogP contribution in [0.2, 0.25) is 0 Å². The van der Waals surface area contributed by atoms with E-state index in [1.807, 2.05) is 72.7 Å². The Hall–Kier alpha value is -7.33. The number of fused-ring (bicyclic) bond motifs is 2. The maximum Gasteiger partial charge on any atom is 0.508 e. The summed E-state index contributed by atoms with van der Waals surface area (Å²) in [6.07, 6.45) is 11.5. The Kier molecular flexibility index (Phi) is 35.5. The molecule has 25 heteroatoms. The fourth-order valence-corrected chi connectivity index (χ4v) is 8.19. The van der Waals surface area contributed by atoms with E-state index >= 15 is 0 Å². The van der Waals surface area contributed by atoms with Gasteiger partial charge in [-0.05, 0) is 92.4 Å². The summed E-state index contributed by atoms with van der Waals surface area (Å²) in [7, 11) is 0. The third kappa shape index (κ3) is 27.0. The summed E-state index contributed by atoms with van der Waals surface area (Å²) in [4.78, 5) is 70.4. The van der Waals surface area contributed by atoms with Gasteiger partial charge >= 0.3 is 30.2 Å². The molecule has 0 bridgehead atoms. The summed E-state index contributed by atoms with van der Waals surface area (Å²) in [6.45, 7) is 25.4. The first-order valence-corrected chi connectivity index (χ1v) is 27.1. The van der Waals surface area contributed by atoms with Crippen molar-refractivity contribution in [3.63, 3.8) is 0 Å². The fourth-order valence-electron chi connectivity index (χ4n) is 8.19. The molecule has 0 spiro atoms. The first kappa shape index (κ1) is 72.7. The van der Waals surface area contributed by atoms with Crippen LogP contribution in [0.1, 0.15) is 190 Å². The number of carboxylic acid groups (broad SMARTS) is 4. The van der Waals surface area contributed by atoms with Crippen LogP contribution in [-0.2, 0) is 47.6 Å². The largest absolute Gasteiger partial charge is 0.508 e. The first-order chi connectivity index (χ1) is 38.0. The monoisotopic (exact) mass is 1130 g/mol. The molecule has 0 amide bonds. The molecule has 6 heterocycles. The van der Waals surface area contributed by atoms with Crippen molar-refractivity contribution in [1.29, 1.82) is 5.26 Å². The molecule has 1 aliphatic carbocycles. The van der Waals surface area contributed by atoms with Gasteiger partial charge in [-0.25, -0.2) is 33.8 Å². The Morgan fingerprint density at radius 1 is 0.675 bits per heavy atom. The topological polar surface area (TPSA) is 375 Å². The highest BCUT2D eigenvalue weighted by atomic mass is 16.7. The number of ether oxygens (including phenoxy) is 6. The van der Waals surface area contributed by atoms with Crippen molar-refractivity contribution in [3.05, 3.63) is 48.3 Å². The van der Waals surface area contributed by atoms with Crippen LogP contribution in [0.25, 0.3) is 11.0 Å². The minimum absolute atomic E-state index is 0.0157. The van der Waals surface area contributed by atoms with E-state index in [4.69, 9.17) is 70.4 Å². The van der Waals surface area contributed by atoms with E-state index in [2.05, 4.69) is 40.6 Å². The second-order valence-electron chi connectivity index (χ2n) is 19.7. The van der Waals surface area contributed by atoms with Crippen LogP contribution in [0.4, 0.5) is 21.2 Å². The minimum atomic E-state index is -0.962. The van der Waals surface area contributed by atoms with Gasteiger partial charge in [0, 0.05) is 6.57 Å². The summed E-state index contributed by atoms with van der Waals surface area (Å²) in [6, 6.07) is 7.66. The smallest absolute Gasteiger partial charge is 0.483 e. The Bertz CT molecular complexity index is 2430. The predicted octanol–water partition coefficient (Wildman–Crippen LogP) is 10.5. The standard InChI is InChI=1S/C18H26N4O4.C17H22N4O4.C7H12O4.C7H14O2.2C2H6.CHN.CH2O2/c1-3-12(4-2)9-24-18(23)25-10-13-5-8-16(26-13)14-6-7-15-17(19)20-11-21-22(14)15;18-16-14-7-6-13(21(14)20-10-19-16)15-8-5-12(24-15)9-23-17(22)25-11-3-1-2-4-11;1-7(2,3-5(8)9)4-6(10)11;1-4-7(2,3)5-6(8)9;3*1-2;2-1-3/h6-7,11-13,16H,3-5,8-10H2,1-2H3,(H2,19,20,21);6-7,10-12,15H,1-5,8-9H2,(H2,18,19,20);3-4H2,1-2H3,(H,8,9)(H,10,11);4-5H2,1-3H3,(H,8,9);2*1-2H3;1H;1H,(H,2,3). The van der Waals surface area contributed by atoms with Crippen molar-refractivity contribution in [2.45, 2.75) is 197 Å². The van der Waals surface area contributed by atoms with Gasteiger partial charge in [0.05, 0.1) is 49.5 Å². The second kappa shape index (κ2) is 39.1. The summed E-state index contributed by atoms with van der Waals surface area (Å²) < 4.78 is 36.4. The summed E-state index contributed by atoms with van der Waals surface area (Å²) >= 11 is 0. The predicted molar refractivity (Wildman–Crippen MR) is 297 cm³/mol. The molecule has 3 aliphatic rings. The Morgan fingerprint density at radius 3 is 1.43 bits per heavy atom. The summed E-state index contributed by atoms with van der Waals surface area (Å²) in [5.41, 5.74) is 14.4. The van der Waals surface area contributed by atoms with Gasteiger partial charge in [-0.1, -0.05) is 95.4 Å². The van der Waals surface area contributed by atoms with Crippen LogP contribution in [0.3, 0.4) is 0 Å². The molecule has 1 saturated carbocycles. The van der Waals surface area contributed by atoms with Crippen LogP contribution >= 0.6 is 0 Å². The molecular formula is C55H89N9O16. The number of carbonyl (C=O) groups excluding carboxylic acids is 2. The highest BCUT2D eigenvalue weighted by Crippen LogP contribution is 2.35. The van der Waals surface area contributed by atoms with Crippen molar-refractivity contribution >= 4 is 59.4 Å². The van der Waals surface area contributed by atoms with E-state index < -0.39 is 35.6 Å². The zero-order chi connectivity index (χ0) is 61.0. The summed E-state index contributed by atoms with van der Waals surface area (Å²) in [5, 5.41) is 47.0. The van der Waals surface area contributed by atoms with Gasteiger partial charge in [-0.15, -0.1) is 0 Å². The van der Waals surface area contributed by atoms with Crippen LogP contribution in [0.5, 0.6) is 0 Å². The Morgan fingerprint density at radius 2 is 1.06 bits per heavy atom. The number of rotatable bonds is 18. The quantitative estimate of drug-likeness (QED) is 0.0398. The van der Waals surface area contributed by atoms with Gasteiger partial charge in [-0.2, -0.15) is 10.2 Å². The van der Waals surface area contributed by atoms with Gasteiger partial charge < -0.3 is 60.3 Å². The first-order valence-electron chi connectivity index (χ1n) is 27.1. The molecule has 4 aromatic rings. The molecule has 25 nitrogen and oxygen atoms in total. The fraction of sp³-hybridized carbons (Fsp3) is 0.655. The minimum Gasteiger partial charge on any atom is -0.483 e. The van der Waals surface area contributed by atoms with Gasteiger partial charge in [0.2, 0.25) is 0 Å². The summed E-state index contributed by atoms with van der Waals surface area (Å²) in [5.74, 6) is -1.38. The second-order valence-corrected chi connectivity index (χ2v) is 19.7. The number of aliphatic carboxylic acids is 3. The Balaban J connectivity index is 0.00000107. The van der Waals surface area contributed by atoms with Crippen LogP contribution in [0, 0.1) is 28.6 Å². The maximum absolute atomic E-state index is 11.7. The number of aromatic nitrogens is 6. The highest BCUT2D eigenvalue weighted by Gasteiger charge is 2.32. The van der Waals surface area contributed by atoms with E-state index in [0.29, 0.717) is 24.2 Å². The Labute approximate surface area is 469 Å². The van der Waals surface area contributed by atoms with Gasteiger partial charge in [0.1, 0.15) is 55.2 Å². The molecule has 3 fully saturated rings. The third-order valence-electron chi connectivity index (χ3n) is 12.7. The molecule has 4 atom stereocenters. The van der Waals surface area contributed by atoms with Crippen LogP contribution in [0.15, 0.2) is 36.9 Å². The van der Waals surface area contributed by atoms with E-state index in [1.165, 1.54) is 12.7 Å². The van der Waals surface area contributed by atoms with Crippen molar-refractivity contribution in [2.24, 2.45) is 16.7 Å². The van der Waals surface area contributed by atoms with Gasteiger partial charge in [0.25, 0.3) is 6.47 Å². The molecule has 450 valence electrons. The maximum atomic E-state index is 11.7. The van der Waals surface area contributed by atoms with Crippen molar-refractivity contribution in [1.82, 2.24) is 29.2 Å². The lowest BCUT2D eigenvalue weighted by molar-refractivity contribution is -0.143. The SMILES string of the molecule is C#N.CC.CC.CC(C)(CC(=O)O)CC(=O)O.CCC(C)(C)CC(=O)O.CCC(CC)COC(=O)OCC1CCC(c2ccc3c(N)ncnn23)O1.Nc1ncnn2c(C3CCC(COC(=O)OC4CCCC4)O3)ccc12.O=CO. The number of anilines is 2. The zero-order valence-corrected chi connectivity index (χ0v) is 48.6. The lowest BCUT2D eigenvalue weighted by Gasteiger charge is -2.18. The molecule has 80 heavy (non-hydrogen) atoms. The number of hydrogen-bond acceptors (Lipinski definition) is 19. The van der Waals surface area contributed by atoms with Crippen molar-refractivity contribution in [2.75, 3.05) is 31.3 Å². The van der Waals surface area contributed by atoms with E-state index in [-0.39, 0.29) is 74.9 Å². The normalized spacial score (nSPS) is 17.1. The molecule has 8 N–H and O–H groups in total. The molecule has 4 unspecified atom stereocenters. The number of nitrogen functional groups attached to an aromatic ring is 2. The number of nitrogens with two attached hydrogens (primary N) is 2. The molecule has 2 saturated heterocycles. The lowest BCUT2D eigenvalue weighted by Crippen LogP contribution is -2.22. The number of carboxylic acids is 3. The third-order valence-corrected chi connectivity index (χ3v) is 12.7. The zero-order valence-electron chi connectivity index (χ0n) is 48.6. The average Bonchev–Trinajstić information content (AvgIpc) is 4.31. The molecule has 4 aromatic heterocycles. The van der Waals surface area contributed by atoms with Crippen molar-refractivity contribution < 1.29 is 77.6 Å². The van der Waals surface area contributed by atoms with Crippen LogP contribution in [-0.4, -0.2) is 124 Å². The number of carbonyl (C=O) groups is 6.